The van der Waals surface area contributed by atoms with Gasteiger partial charge in [0.15, 0.2) is 0 Å². The summed E-state index contributed by atoms with van der Waals surface area (Å²) in [4.78, 5) is 33.1. The highest BCUT2D eigenvalue weighted by Crippen LogP contribution is 2.46. The van der Waals surface area contributed by atoms with E-state index in [9.17, 15) is 14.0 Å². The molecule has 1 saturated carbocycles. The predicted molar refractivity (Wildman–Crippen MR) is 113 cm³/mol. The van der Waals surface area contributed by atoms with Crippen LogP contribution in [-0.4, -0.2) is 55.5 Å². The first-order valence-electron chi connectivity index (χ1n) is 10.5. The summed E-state index contributed by atoms with van der Waals surface area (Å²) < 4.78 is 15.6. The standard InChI is InChI=1S/C22H21ClFN5O2/c1-27-21(31)19-13-11-28(6-2-16(13)26-29(19)7-5-22(27)3-4-22)20(30)18-9-12-8-15(24)14(23)10-17(12)25-18/h8-10,25H,2-7,11H2,1H3. The third kappa shape index (κ3) is 2.74. The second-order valence-corrected chi connectivity index (χ2v) is 9.26. The summed E-state index contributed by atoms with van der Waals surface area (Å²) >= 11 is 5.86. The molecule has 1 aromatic carbocycles. The number of nitrogens with zero attached hydrogens (tertiary/aromatic N) is 4. The Morgan fingerprint density at radius 2 is 2.03 bits per heavy atom. The highest BCUT2D eigenvalue weighted by Gasteiger charge is 2.51. The zero-order valence-corrected chi connectivity index (χ0v) is 17.8. The van der Waals surface area contributed by atoms with Crippen LogP contribution in [0.1, 0.15) is 51.5 Å². The van der Waals surface area contributed by atoms with Crippen molar-refractivity contribution in [1.29, 1.82) is 0 Å². The monoisotopic (exact) mass is 441 g/mol. The van der Waals surface area contributed by atoms with Crippen molar-refractivity contribution in [3.8, 4) is 0 Å². The Hall–Kier alpha value is -2.87. The van der Waals surface area contributed by atoms with E-state index in [1.807, 2.05) is 16.6 Å². The van der Waals surface area contributed by atoms with Gasteiger partial charge in [-0.25, -0.2) is 4.39 Å². The van der Waals surface area contributed by atoms with E-state index in [2.05, 4.69) is 4.98 Å². The van der Waals surface area contributed by atoms with E-state index < -0.39 is 5.82 Å². The quantitative estimate of drug-likeness (QED) is 0.629. The number of benzene rings is 1. The van der Waals surface area contributed by atoms with Crippen LogP contribution in [0.4, 0.5) is 4.39 Å². The lowest BCUT2D eigenvalue weighted by molar-refractivity contribution is 0.0689. The van der Waals surface area contributed by atoms with Crippen LogP contribution in [-0.2, 0) is 19.5 Å². The van der Waals surface area contributed by atoms with Crippen molar-refractivity contribution in [3.05, 3.63) is 51.7 Å². The fourth-order valence-electron chi connectivity index (χ4n) is 5.00. The van der Waals surface area contributed by atoms with E-state index >= 15 is 0 Å². The SMILES string of the molecule is CN1C(=O)c2c3c(nn2CCC12CC2)CCN(C(=O)c1cc2cc(F)c(Cl)cc2[nH]1)C3. The van der Waals surface area contributed by atoms with Gasteiger partial charge in [-0.3, -0.25) is 14.3 Å². The van der Waals surface area contributed by atoms with Gasteiger partial charge in [0.25, 0.3) is 11.8 Å². The van der Waals surface area contributed by atoms with E-state index in [-0.39, 0.29) is 22.4 Å². The van der Waals surface area contributed by atoms with E-state index in [1.165, 1.54) is 12.1 Å². The van der Waals surface area contributed by atoms with Crippen LogP contribution in [0.2, 0.25) is 5.02 Å². The van der Waals surface area contributed by atoms with Gasteiger partial charge in [0.05, 0.1) is 17.3 Å². The molecule has 1 N–H and O–H groups in total. The van der Waals surface area contributed by atoms with E-state index in [0.717, 1.165) is 37.1 Å². The van der Waals surface area contributed by atoms with Crippen molar-refractivity contribution < 1.29 is 14.0 Å². The van der Waals surface area contributed by atoms with Crippen LogP contribution in [0.3, 0.4) is 0 Å². The van der Waals surface area contributed by atoms with Gasteiger partial charge in [-0.1, -0.05) is 11.6 Å². The molecule has 160 valence electrons. The van der Waals surface area contributed by atoms with Gasteiger partial charge >= 0.3 is 0 Å². The van der Waals surface area contributed by atoms with Gasteiger partial charge < -0.3 is 14.8 Å². The normalized spacial score (nSPS) is 19.5. The molecule has 1 fully saturated rings. The Balaban J connectivity index is 1.32. The molecule has 2 aliphatic heterocycles. The highest BCUT2D eigenvalue weighted by molar-refractivity contribution is 6.31. The molecular formula is C22H21ClFN5O2. The van der Waals surface area contributed by atoms with Crippen molar-refractivity contribution in [3.63, 3.8) is 0 Å². The first-order chi connectivity index (χ1) is 14.9. The number of carbonyl (C=O) groups excluding carboxylic acids is 2. The van der Waals surface area contributed by atoms with Crippen LogP contribution in [0.25, 0.3) is 10.9 Å². The topological polar surface area (TPSA) is 74.2 Å². The van der Waals surface area contributed by atoms with Crippen LogP contribution < -0.4 is 0 Å². The van der Waals surface area contributed by atoms with Gasteiger partial charge in [0.2, 0.25) is 0 Å². The molecule has 2 amide bonds. The van der Waals surface area contributed by atoms with Gasteiger partial charge in [-0.15, -0.1) is 0 Å². The number of H-pyrrole nitrogens is 1. The third-order valence-electron chi connectivity index (χ3n) is 7.12. The number of hydrogen-bond donors (Lipinski definition) is 1. The Morgan fingerprint density at radius 3 is 2.81 bits per heavy atom. The Morgan fingerprint density at radius 1 is 1.23 bits per heavy atom. The Bertz CT molecular complexity index is 1240. The minimum absolute atomic E-state index is 0.00576. The number of aryl methyl sites for hydroxylation is 1. The van der Waals surface area contributed by atoms with E-state index in [1.54, 1.807) is 11.0 Å². The van der Waals surface area contributed by atoms with Gasteiger partial charge in [0.1, 0.15) is 17.2 Å². The fourth-order valence-corrected chi connectivity index (χ4v) is 5.16. The number of hydrogen-bond acceptors (Lipinski definition) is 3. The van der Waals surface area contributed by atoms with Crippen molar-refractivity contribution in [2.24, 2.45) is 0 Å². The molecule has 4 heterocycles. The minimum Gasteiger partial charge on any atom is -0.350 e. The highest BCUT2D eigenvalue weighted by atomic mass is 35.5. The summed E-state index contributed by atoms with van der Waals surface area (Å²) in [7, 11) is 1.88. The lowest BCUT2D eigenvalue weighted by Gasteiger charge is -2.28. The maximum Gasteiger partial charge on any atom is 0.272 e. The van der Waals surface area contributed by atoms with Gasteiger partial charge in [-0.2, -0.15) is 5.10 Å². The van der Waals surface area contributed by atoms with Gasteiger partial charge in [-0.05, 0) is 37.5 Å². The Labute approximate surface area is 182 Å². The number of aromatic amines is 1. The summed E-state index contributed by atoms with van der Waals surface area (Å²) in [6, 6.07) is 4.44. The molecule has 0 radical (unpaired) electrons. The molecule has 6 rings (SSSR count). The second-order valence-electron chi connectivity index (χ2n) is 8.85. The summed E-state index contributed by atoms with van der Waals surface area (Å²) in [6.45, 7) is 1.57. The molecule has 1 aliphatic carbocycles. The van der Waals surface area contributed by atoms with Gasteiger partial charge in [0, 0.05) is 48.6 Å². The number of amides is 2. The van der Waals surface area contributed by atoms with E-state index in [4.69, 9.17) is 16.7 Å². The molecule has 0 unspecified atom stereocenters. The van der Waals surface area contributed by atoms with Crippen molar-refractivity contribution >= 4 is 34.3 Å². The second kappa shape index (κ2) is 6.32. The van der Waals surface area contributed by atoms with Crippen molar-refractivity contribution in [2.75, 3.05) is 13.6 Å². The Kier molecular flexibility index (Phi) is 3.85. The number of carbonyl (C=O) groups is 2. The molecule has 0 saturated heterocycles. The number of halogens is 2. The lowest BCUT2D eigenvalue weighted by Crippen LogP contribution is -2.40. The molecule has 1 spiro atoms. The molecule has 0 bridgehead atoms. The minimum atomic E-state index is -0.520. The van der Waals surface area contributed by atoms with Crippen LogP contribution in [0.15, 0.2) is 18.2 Å². The molecule has 2 aromatic heterocycles. The number of rotatable bonds is 1. The summed E-state index contributed by atoms with van der Waals surface area (Å²) in [5, 5.41) is 5.32. The average molecular weight is 442 g/mol. The molecule has 9 heteroatoms. The zero-order chi connectivity index (χ0) is 21.5. The fraction of sp³-hybridized carbons (Fsp3) is 0.409. The van der Waals surface area contributed by atoms with Crippen molar-refractivity contribution in [2.45, 2.75) is 44.3 Å². The van der Waals surface area contributed by atoms with Crippen molar-refractivity contribution in [1.82, 2.24) is 24.6 Å². The number of aromatic nitrogens is 3. The molecule has 3 aromatic rings. The first kappa shape index (κ1) is 18.9. The van der Waals surface area contributed by atoms with Crippen LogP contribution in [0, 0.1) is 5.82 Å². The maximum absolute atomic E-state index is 13.8. The zero-order valence-electron chi connectivity index (χ0n) is 17.0. The maximum atomic E-state index is 13.8. The van der Waals surface area contributed by atoms with Crippen LogP contribution in [0.5, 0.6) is 0 Å². The molecule has 0 atom stereocenters. The number of nitrogens with one attached hydrogen (secondary N) is 1. The van der Waals surface area contributed by atoms with E-state index in [0.29, 0.717) is 41.8 Å². The predicted octanol–water partition coefficient (Wildman–Crippen LogP) is 3.36. The largest absolute Gasteiger partial charge is 0.350 e. The summed E-state index contributed by atoms with van der Waals surface area (Å²) in [5.41, 5.74) is 3.33. The third-order valence-corrected chi connectivity index (χ3v) is 7.40. The molecule has 3 aliphatic rings. The average Bonchev–Trinajstić information content (AvgIpc) is 3.33. The van der Waals surface area contributed by atoms with Crippen LogP contribution >= 0.6 is 11.6 Å². The molecule has 31 heavy (non-hydrogen) atoms. The molecular weight excluding hydrogens is 421 g/mol. The smallest absolute Gasteiger partial charge is 0.272 e. The summed E-state index contributed by atoms with van der Waals surface area (Å²) in [6.07, 6.45) is 3.60. The summed E-state index contributed by atoms with van der Waals surface area (Å²) in [5.74, 6) is -0.714. The first-order valence-corrected chi connectivity index (χ1v) is 10.9. The number of fused-ring (bicyclic) bond motifs is 4. The lowest BCUT2D eigenvalue weighted by atomic mass is 10.0. The molecule has 7 nitrogen and oxygen atoms in total.